The number of nitrogens with one attached hydrogen (secondary N) is 1. The van der Waals surface area contributed by atoms with Gasteiger partial charge in [0.05, 0.1) is 0 Å². The number of hydrazine groups is 1. The van der Waals surface area contributed by atoms with Gasteiger partial charge in [0.15, 0.2) is 5.76 Å². The van der Waals surface area contributed by atoms with Crippen molar-refractivity contribution >= 4 is 23.4 Å². The molecular formula is C14H17N3O2S. The van der Waals surface area contributed by atoms with E-state index in [9.17, 15) is 4.79 Å². The Morgan fingerprint density at radius 1 is 1.40 bits per heavy atom. The van der Waals surface area contributed by atoms with Gasteiger partial charge in [0.1, 0.15) is 5.76 Å². The summed E-state index contributed by atoms with van der Waals surface area (Å²) in [5.74, 6) is 6.31. The number of carbonyl (C=O) groups excluding carboxylic acids is 1. The van der Waals surface area contributed by atoms with Crippen LogP contribution in [0.2, 0.25) is 0 Å². The topological polar surface area (TPSA) is 94.3 Å². The van der Waals surface area contributed by atoms with Crippen molar-refractivity contribution in [2.45, 2.75) is 24.5 Å². The van der Waals surface area contributed by atoms with E-state index in [2.05, 4.69) is 5.43 Å². The van der Waals surface area contributed by atoms with Crippen LogP contribution in [0.5, 0.6) is 0 Å². The highest BCUT2D eigenvalue weighted by Crippen LogP contribution is 2.30. The second-order valence-corrected chi connectivity index (χ2v) is 5.44. The average Bonchev–Trinajstić information content (AvgIpc) is 2.81. The predicted molar refractivity (Wildman–Crippen MR) is 80.3 cm³/mol. The molecule has 5 N–H and O–H groups in total. The molecule has 0 aliphatic heterocycles. The summed E-state index contributed by atoms with van der Waals surface area (Å²) in [7, 11) is 0. The zero-order valence-corrected chi connectivity index (χ0v) is 12.2. The molecule has 0 radical (unpaired) electrons. The molecule has 20 heavy (non-hydrogen) atoms. The highest BCUT2D eigenvalue weighted by molar-refractivity contribution is 7.98. The zero-order chi connectivity index (χ0) is 14.7. The first kappa shape index (κ1) is 14.5. The molecule has 0 saturated heterocycles. The highest BCUT2D eigenvalue weighted by Gasteiger charge is 2.14. The van der Waals surface area contributed by atoms with E-state index in [1.54, 1.807) is 17.8 Å². The molecule has 0 bridgehead atoms. The van der Waals surface area contributed by atoms with Gasteiger partial charge in [-0.25, -0.2) is 5.84 Å². The van der Waals surface area contributed by atoms with Crippen molar-refractivity contribution < 1.29 is 9.21 Å². The van der Waals surface area contributed by atoms with E-state index in [4.69, 9.17) is 16.0 Å². The molecule has 0 aliphatic carbocycles. The average molecular weight is 291 g/mol. The SMILES string of the molecule is Cc1oc(C(=O)NN)cc1CSc1cccc(N)c1C. The maximum absolute atomic E-state index is 11.4. The van der Waals surface area contributed by atoms with Gasteiger partial charge in [0.25, 0.3) is 0 Å². The first-order valence-corrected chi connectivity index (χ1v) is 7.09. The van der Waals surface area contributed by atoms with Gasteiger partial charge in [-0.05, 0) is 37.6 Å². The number of amides is 1. The van der Waals surface area contributed by atoms with Gasteiger partial charge in [0, 0.05) is 21.9 Å². The summed E-state index contributed by atoms with van der Waals surface area (Å²) in [5.41, 5.74) is 10.8. The number of furan rings is 1. The smallest absolute Gasteiger partial charge is 0.300 e. The Morgan fingerprint density at radius 3 is 2.85 bits per heavy atom. The number of carbonyl (C=O) groups is 1. The third-order valence-corrected chi connectivity index (χ3v) is 4.29. The molecule has 0 atom stereocenters. The Hall–Kier alpha value is -1.92. The highest BCUT2D eigenvalue weighted by atomic mass is 32.2. The monoisotopic (exact) mass is 291 g/mol. The molecule has 2 aromatic rings. The van der Waals surface area contributed by atoms with Crippen LogP contribution in [0.25, 0.3) is 0 Å². The van der Waals surface area contributed by atoms with Crippen LogP contribution in [0.3, 0.4) is 0 Å². The van der Waals surface area contributed by atoms with Crippen LogP contribution in [0.1, 0.15) is 27.4 Å². The number of anilines is 1. The summed E-state index contributed by atoms with van der Waals surface area (Å²) in [6.07, 6.45) is 0. The second kappa shape index (κ2) is 6.02. The largest absolute Gasteiger partial charge is 0.456 e. The summed E-state index contributed by atoms with van der Waals surface area (Å²) in [6.45, 7) is 3.82. The van der Waals surface area contributed by atoms with Crippen molar-refractivity contribution in [2.24, 2.45) is 5.84 Å². The summed E-state index contributed by atoms with van der Waals surface area (Å²) in [5, 5.41) is 0. The maximum atomic E-state index is 11.4. The van der Waals surface area contributed by atoms with Crippen molar-refractivity contribution in [3.63, 3.8) is 0 Å². The Bertz CT molecular complexity index is 637. The summed E-state index contributed by atoms with van der Waals surface area (Å²) < 4.78 is 5.38. The third-order valence-electron chi connectivity index (χ3n) is 3.08. The normalized spacial score (nSPS) is 10.6. The number of aryl methyl sites for hydroxylation is 1. The molecule has 2 rings (SSSR count). The fraction of sp³-hybridized carbons (Fsp3) is 0.214. The number of nitrogens with two attached hydrogens (primary N) is 2. The van der Waals surface area contributed by atoms with E-state index < -0.39 is 5.91 Å². The second-order valence-electron chi connectivity index (χ2n) is 4.42. The molecule has 5 nitrogen and oxygen atoms in total. The van der Waals surface area contributed by atoms with Crippen LogP contribution in [0.4, 0.5) is 5.69 Å². The number of hydrogen-bond acceptors (Lipinski definition) is 5. The number of rotatable bonds is 4. The molecule has 0 unspecified atom stereocenters. The molecule has 1 aromatic heterocycles. The van der Waals surface area contributed by atoms with Crippen molar-refractivity contribution in [3.05, 3.63) is 46.9 Å². The standard InChI is InChI=1S/C14H17N3O2S/c1-8-11(15)4-3-5-13(8)20-7-10-6-12(14(18)17-16)19-9(10)2/h3-6H,7,15-16H2,1-2H3,(H,17,18). The van der Waals surface area contributed by atoms with E-state index in [0.717, 1.165) is 27.5 Å². The van der Waals surface area contributed by atoms with Crippen LogP contribution < -0.4 is 17.0 Å². The van der Waals surface area contributed by atoms with Gasteiger partial charge in [-0.15, -0.1) is 11.8 Å². The van der Waals surface area contributed by atoms with E-state index in [0.29, 0.717) is 5.75 Å². The minimum atomic E-state index is -0.426. The molecule has 0 spiro atoms. The maximum Gasteiger partial charge on any atom is 0.300 e. The quantitative estimate of drug-likeness (QED) is 0.264. The summed E-state index contributed by atoms with van der Waals surface area (Å²) in [6, 6.07) is 7.55. The molecular weight excluding hydrogens is 274 g/mol. The third kappa shape index (κ3) is 2.97. The van der Waals surface area contributed by atoms with E-state index in [-0.39, 0.29) is 5.76 Å². The fourth-order valence-corrected chi connectivity index (χ4v) is 2.90. The Labute approximate surface area is 121 Å². The first-order chi connectivity index (χ1) is 9.52. The molecule has 0 aliphatic rings. The predicted octanol–water partition coefficient (Wildman–Crippen LogP) is 2.37. The first-order valence-electron chi connectivity index (χ1n) is 6.11. The lowest BCUT2D eigenvalue weighted by Crippen LogP contribution is -2.29. The molecule has 1 aromatic carbocycles. The van der Waals surface area contributed by atoms with E-state index in [1.165, 1.54) is 0 Å². The van der Waals surface area contributed by atoms with Crippen molar-refractivity contribution in [3.8, 4) is 0 Å². The van der Waals surface area contributed by atoms with Crippen molar-refractivity contribution in [1.29, 1.82) is 0 Å². The van der Waals surface area contributed by atoms with E-state index in [1.807, 2.05) is 32.0 Å². The lowest BCUT2D eigenvalue weighted by molar-refractivity contribution is 0.0924. The molecule has 0 saturated carbocycles. The summed E-state index contributed by atoms with van der Waals surface area (Å²) >= 11 is 1.66. The molecule has 1 heterocycles. The van der Waals surface area contributed by atoms with Crippen molar-refractivity contribution in [2.75, 3.05) is 5.73 Å². The minimum Gasteiger partial charge on any atom is -0.456 e. The van der Waals surface area contributed by atoms with Gasteiger partial charge >= 0.3 is 5.91 Å². The Balaban J connectivity index is 2.13. The number of thioether (sulfide) groups is 1. The summed E-state index contributed by atoms with van der Waals surface area (Å²) in [4.78, 5) is 12.5. The molecule has 1 amide bonds. The molecule has 6 heteroatoms. The fourth-order valence-electron chi connectivity index (χ4n) is 1.79. The Kier molecular flexibility index (Phi) is 4.36. The van der Waals surface area contributed by atoms with Crippen molar-refractivity contribution in [1.82, 2.24) is 5.43 Å². The molecule has 0 fully saturated rings. The van der Waals surface area contributed by atoms with Gasteiger partial charge in [-0.2, -0.15) is 0 Å². The number of benzene rings is 1. The lowest BCUT2D eigenvalue weighted by atomic mass is 10.2. The molecule has 106 valence electrons. The van der Waals surface area contributed by atoms with Crippen LogP contribution in [0.15, 0.2) is 33.6 Å². The van der Waals surface area contributed by atoms with Gasteiger partial charge in [0.2, 0.25) is 0 Å². The Morgan fingerprint density at radius 2 is 2.15 bits per heavy atom. The van der Waals surface area contributed by atoms with Crippen LogP contribution in [-0.2, 0) is 5.75 Å². The zero-order valence-electron chi connectivity index (χ0n) is 11.4. The van der Waals surface area contributed by atoms with Gasteiger partial charge in [-0.1, -0.05) is 6.07 Å². The number of hydrogen-bond donors (Lipinski definition) is 3. The van der Waals surface area contributed by atoms with E-state index >= 15 is 0 Å². The number of nitrogen functional groups attached to an aromatic ring is 2. The van der Waals surface area contributed by atoms with Gasteiger partial charge in [-0.3, -0.25) is 10.2 Å². The van der Waals surface area contributed by atoms with Crippen LogP contribution >= 0.6 is 11.8 Å². The van der Waals surface area contributed by atoms with Crippen LogP contribution in [-0.4, -0.2) is 5.91 Å². The van der Waals surface area contributed by atoms with Gasteiger partial charge < -0.3 is 10.2 Å². The lowest BCUT2D eigenvalue weighted by Gasteiger charge is -2.07. The minimum absolute atomic E-state index is 0.227. The van der Waals surface area contributed by atoms with Crippen LogP contribution in [0, 0.1) is 13.8 Å².